The van der Waals surface area contributed by atoms with Crippen molar-refractivity contribution in [3.63, 3.8) is 0 Å². The number of halogens is 3. The van der Waals surface area contributed by atoms with Gasteiger partial charge in [0.15, 0.2) is 0 Å². The van der Waals surface area contributed by atoms with Gasteiger partial charge in [-0.1, -0.05) is 17.3 Å². The molecule has 0 saturated heterocycles. The monoisotopic (exact) mass is 287 g/mol. The van der Waals surface area contributed by atoms with Crippen molar-refractivity contribution in [2.45, 2.75) is 37.5 Å². The lowest BCUT2D eigenvalue weighted by molar-refractivity contribution is -0.137. The number of nitrogens with zero attached hydrogens (tertiary/aromatic N) is 1. The Balaban J connectivity index is 2.33. The van der Waals surface area contributed by atoms with E-state index in [2.05, 4.69) is 5.16 Å². The number of oxime groups is 1. The van der Waals surface area contributed by atoms with E-state index in [0.29, 0.717) is 37.0 Å². The Morgan fingerprint density at radius 3 is 2.40 bits per heavy atom. The van der Waals surface area contributed by atoms with Gasteiger partial charge in [0.2, 0.25) is 0 Å². The van der Waals surface area contributed by atoms with Gasteiger partial charge < -0.3 is 9.94 Å². The minimum absolute atomic E-state index is 0.504. The van der Waals surface area contributed by atoms with Crippen LogP contribution in [0.1, 0.15) is 36.8 Å². The van der Waals surface area contributed by atoms with Crippen LogP contribution in [-0.2, 0) is 16.5 Å². The van der Waals surface area contributed by atoms with E-state index in [1.54, 1.807) is 6.07 Å². The van der Waals surface area contributed by atoms with Crippen LogP contribution < -0.4 is 0 Å². The van der Waals surface area contributed by atoms with Crippen molar-refractivity contribution in [1.82, 2.24) is 0 Å². The molecule has 1 N–H and O–H groups in total. The third-order valence-electron chi connectivity index (χ3n) is 3.88. The first kappa shape index (κ1) is 14.8. The van der Waals surface area contributed by atoms with Gasteiger partial charge in [0.1, 0.15) is 0 Å². The highest BCUT2D eigenvalue weighted by Gasteiger charge is 2.38. The fraction of sp³-hybridized carbons (Fsp3) is 0.500. The highest BCUT2D eigenvalue weighted by molar-refractivity contribution is 5.84. The van der Waals surface area contributed by atoms with E-state index in [1.165, 1.54) is 13.2 Å². The lowest BCUT2D eigenvalue weighted by Crippen LogP contribution is -2.34. The molecule has 0 radical (unpaired) electrons. The van der Waals surface area contributed by atoms with Crippen molar-refractivity contribution < 1.29 is 23.1 Å². The first-order chi connectivity index (χ1) is 9.41. The van der Waals surface area contributed by atoms with Gasteiger partial charge in [0, 0.05) is 7.11 Å². The SMILES string of the molecule is COC1(c2cccc(C(F)(F)F)c2)CCC(=NO)CC1. The molecular weight excluding hydrogens is 271 g/mol. The molecule has 0 aromatic heterocycles. The molecule has 1 aliphatic carbocycles. The summed E-state index contributed by atoms with van der Waals surface area (Å²) in [5.74, 6) is 0. The lowest BCUT2D eigenvalue weighted by Gasteiger charge is -2.37. The van der Waals surface area contributed by atoms with E-state index in [0.717, 1.165) is 12.1 Å². The van der Waals surface area contributed by atoms with Gasteiger partial charge >= 0.3 is 6.18 Å². The minimum atomic E-state index is -4.36. The normalized spacial score (nSPS) is 23.7. The van der Waals surface area contributed by atoms with Crippen molar-refractivity contribution in [3.8, 4) is 0 Å². The second kappa shape index (κ2) is 5.44. The Hall–Kier alpha value is -1.56. The molecule has 1 fully saturated rings. The van der Waals surface area contributed by atoms with Gasteiger partial charge in [-0.2, -0.15) is 13.2 Å². The van der Waals surface area contributed by atoms with Crippen LogP contribution in [0.2, 0.25) is 0 Å². The fourth-order valence-corrected chi connectivity index (χ4v) is 2.63. The van der Waals surface area contributed by atoms with E-state index in [-0.39, 0.29) is 0 Å². The van der Waals surface area contributed by atoms with Gasteiger partial charge in [-0.25, -0.2) is 0 Å². The maximum atomic E-state index is 12.8. The number of ether oxygens (including phenoxy) is 1. The number of hydrogen-bond acceptors (Lipinski definition) is 3. The largest absolute Gasteiger partial charge is 0.416 e. The molecule has 20 heavy (non-hydrogen) atoms. The standard InChI is InChI=1S/C14H16F3NO2/c1-20-13(7-5-12(18-19)6-8-13)10-3-2-4-11(9-10)14(15,16)17/h2-4,9,19H,5-8H2,1H3. The van der Waals surface area contributed by atoms with E-state index in [4.69, 9.17) is 9.94 Å². The van der Waals surface area contributed by atoms with Gasteiger partial charge in [0.25, 0.3) is 0 Å². The summed E-state index contributed by atoms with van der Waals surface area (Å²) in [6, 6.07) is 5.25. The number of benzene rings is 1. The van der Waals surface area contributed by atoms with Crippen LogP contribution in [0.5, 0.6) is 0 Å². The fourth-order valence-electron chi connectivity index (χ4n) is 2.63. The molecular formula is C14H16F3NO2. The minimum Gasteiger partial charge on any atom is -0.411 e. The van der Waals surface area contributed by atoms with Crippen molar-refractivity contribution in [2.24, 2.45) is 5.16 Å². The number of hydrogen-bond donors (Lipinski definition) is 1. The van der Waals surface area contributed by atoms with Gasteiger partial charge in [-0.3, -0.25) is 0 Å². The zero-order chi connectivity index (χ0) is 14.8. The molecule has 1 aromatic rings. The van der Waals surface area contributed by atoms with E-state index < -0.39 is 17.3 Å². The predicted octanol–water partition coefficient (Wildman–Crippen LogP) is 3.95. The number of methoxy groups -OCH3 is 1. The molecule has 1 saturated carbocycles. The summed E-state index contributed by atoms with van der Waals surface area (Å²) in [4.78, 5) is 0. The Morgan fingerprint density at radius 2 is 1.90 bits per heavy atom. The molecule has 0 heterocycles. The van der Waals surface area contributed by atoms with Crippen molar-refractivity contribution in [2.75, 3.05) is 7.11 Å². The first-order valence-corrected chi connectivity index (χ1v) is 6.34. The highest BCUT2D eigenvalue weighted by atomic mass is 19.4. The zero-order valence-electron chi connectivity index (χ0n) is 11.1. The number of rotatable bonds is 2. The van der Waals surface area contributed by atoms with Crippen LogP contribution in [0.3, 0.4) is 0 Å². The third kappa shape index (κ3) is 2.80. The second-order valence-corrected chi connectivity index (χ2v) is 4.94. The molecule has 110 valence electrons. The zero-order valence-corrected chi connectivity index (χ0v) is 11.1. The summed E-state index contributed by atoms with van der Waals surface area (Å²) in [7, 11) is 1.50. The van der Waals surface area contributed by atoms with Crippen LogP contribution in [0.25, 0.3) is 0 Å². The van der Waals surface area contributed by atoms with Gasteiger partial charge in [-0.05, 0) is 43.4 Å². The summed E-state index contributed by atoms with van der Waals surface area (Å²) < 4.78 is 43.9. The van der Waals surface area contributed by atoms with Gasteiger partial charge in [-0.15, -0.1) is 0 Å². The summed E-state index contributed by atoms with van der Waals surface area (Å²) in [6.07, 6.45) is -2.33. The molecule has 1 aliphatic rings. The molecule has 3 nitrogen and oxygen atoms in total. The van der Waals surface area contributed by atoms with Crippen molar-refractivity contribution in [1.29, 1.82) is 0 Å². The molecule has 6 heteroatoms. The van der Waals surface area contributed by atoms with Crippen LogP contribution in [-0.4, -0.2) is 18.0 Å². The third-order valence-corrected chi connectivity index (χ3v) is 3.88. The lowest BCUT2D eigenvalue weighted by atomic mass is 9.78. The summed E-state index contributed by atoms with van der Waals surface area (Å²) in [5, 5.41) is 11.9. The molecule has 0 unspecified atom stereocenters. The molecule has 0 bridgehead atoms. The second-order valence-electron chi connectivity index (χ2n) is 4.94. The van der Waals surface area contributed by atoms with E-state index >= 15 is 0 Å². The van der Waals surface area contributed by atoms with E-state index in [9.17, 15) is 13.2 Å². The first-order valence-electron chi connectivity index (χ1n) is 6.34. The summed E-state index contributed by atoms with van der Waals surface area (Å²) in [5.41, 5.74) is -0.236. The summed E-state index contributed by atoms with van der Waals surface area (Å²) in [6.45, 7) is 0. The van der Waals surface area contributed by atoms with Gasteiger partial charge in [0.05, 0.1) is 16.9 Å². The predicted molar refractivity (Wildman–Crippen MR) is 67.8 cm³/mol. The highest BCUT2D eigenvalue weighted by Crippen LogP contribution is 2.41. The molecule has 0 amide bonds. The Labute approximate surface area is 115 Å². The average Bonchev–Trinajstić information content (AvgIpc) is 2.46. The Morgan fingerprint density at radius 1 is 1.25 bits per heavy atom. The Bertz CT molecular complexity index is 501. The van der Waals surface area contributed by atoms with Crippen LogP contribution in [0.4, 0.5) is 13.2 Å². The smallest absolute Gasteiger partial charge is 0.411 e. The molecule has 1 aromatic carbocycles. The molecule has 0 spiro atoms. The topological polar surface area (TPSA) is 41.8 Å². The van der Waals surface area contributed by atoms with Crippen molar-refractivity contribution >= 4 is 5.71 Å². The maximum Gasteiger partial charge on any atom is 0.416 e. The summed E-state index contributed by atoms with van der Waals surface area (Å²) >= 11 is 0. The molecule has 0 aliphatic heterocycles. The van der Waals surface area contributed by atoms with Crippen LogP contribution in [0, 0.1) is 0 Å². The average molecular weight is 287 g/mol. The maximum absolute atomic E-state index is 12.8. The Kier molecular flexibility index (Phi) is 4.04. The molecule has 0 atom stereocenters. The van der Waals surface area contributed by atoms with Crippen LogP contribution >= 0.6 is 0 Å². The number of alkyl halides is 3. The van der Waals surface area contributed by atoms with Crippen molar-refractivity contribution in [3.05, 3.63) is 35.4 Å². The quantitative estimate of drug-likeness (QED) is 0.661. The molecule has 2 rings (SSSR count). The van der Waals surface area contributed by atoms with E-state index in [1.807, 2.05) is 0 Å². The van der Waals surface area contributed by atoms with Crippen LogP contribution in [0.15, 0.2) is 29.4 Å².